The fraction of sp³-hybridized carbons (Fsp3) is 0.312. The molecule has 0 aliphatic rings. The Morgan fingerprint density at radius 3 is 2.67 bits per heavy atom. The minimum absolute atomic E-state index is 0.252. The molecule has 1 aromatic carbocycles. The van der Waals surface area contributed by atoms with E-state index in [1.54, 1.807) is 12.1 Å². The van der Waals surface area contributed by atoms with Crippen LogP contribution in [0.25, 0.3) is 0 Å². The lowest BCUT2D eigenvalue weighted by Crippen LogP contribution is -2.37. The molecule has 2 rings (SSSR count). The molecule has 6 nitrogen and oxygen atoms in total. The second-order valence-corrected chi connectivity index (χ2v) is 7.27. The van der Waals surface area contributed by atoms with Crippen molar-refractivity contribution in [3.05, 3.63) is 34.3 Å². The van der Waals surface area contributed by atoms with Crippen molar-refractivity contribution >= 4 is 45.6 Å². The summed E-state index contributed by atoms with van der Waals surface area (Å²) in [5.74, 6) is -1.21. The van der Waals surface area contributed by atoms with Crippen LogP contribution in [-0.2, 0) is 9.59 Å². The molecule has 0 aliphatic heterocycles. The summed E-state index contributed by atoms with van der Waals surface area (Å²) in [4.78, 5) is 29.0. The molecule has 0 bridgehead atoms. The lowest BCUT2D eigenvalue weighted by molar-refractivity contribution is -0.135. The van der Waals surface area contributed by atoms with E-state index in [-0.39, 0.29) is 5.13 Å². The van der Waals surface area contributed by atoms with E-state index in [0.717, 1.165) is 21.8 Å². The molecule has 0 atom stereocenters. The van der Waals surface area contributed by atoms with Crippen molar-refractivity contribution in [3.63, 3.8) is 0 Å². The molecule has 0 radical (unpaired) electrons. The summed E-state index contributed by atoms with van der Waals surface area (Å²) in [6.07, 6.45) is 1.41. The molecule has 0 saturated heterocycles. The van der Waals surface area contributed by atoms with Gasteiger partial charge in [-0.05, 0) is 30.5 Å². The third kappa shape index (κ3) is 4.24. The number of carbonyl (C=O) groups is 2. The molecule has 0 aliphatic carbocycles. The van der Waals surface area contributed by atoms with E-state index in [0.29, 0.717) is 28.3 Å². The number of ether oxygens (including phenoxy) is 1. The van der Waals surface area contributed by atoms with Crippen LogP contribution >= 0.6 is 22.9 Å². The summed E-state index contributed by atoms with van der Waals surface area (Å²) in [6, 6.07) is 5.31. The van der Waals surface area contributed by atoms with Gasteiger partial charge < -0.3 is 10.5 Å². The van der Waals surface area contributed by atoms with E-state index in [9.17, 15) is 9.59 Å². The third-order valence-electron chi connectivity index (χ3n) is 3.00. The van der Waals surface area contributed by atoms with E-state index in [4.69, 9.17) is 22.1 Å². The third-order valence-corrected chi connectivity index (χ3v) is 4.10. The van der Waals surface area contributed by atoms with Crippen molar-refractivity contribution in [2.75, 3.05) is 11.5 Å². The van der Waals surface area contributed by atoms with E-state index in [1.807, 2.05) is 26.8 Å². The second-order valence-electron chi connectivity index (χ2n) is 5.63. The minimum Gasteiger partial charge on any atom is -0.491 e. The van der Waals surface area contributed by atoms with Gasteiger partial charge in [0.15, 0.2) is 5.13 Å². The quantitative estimate of drug-likeness (QED) is 0.821. The molecular weight excluding hydrogens is 350 g/mol. The number of halogens is 1. The molecule has 2 amide bonds. The van der Waals surface area contributed by atoms with Crippen LogP contribution in [0.4, 0.5) is 10.8 Å². The van der Waals surface area contributed by atoms with Crippen LogP contribution in [0.3, 0.4) is 0 Å². The van der Waals surface area contributed by atoms with Crippen LogP contribution in [0.15, 0.2) is 24.4 Å². The molecule has 2 N–H and O–H groups in total. The van der Waals surface area contributed by atoms with Gasteiger partial charge in [-0.25, -0.2) is 9.88 Å². The van der Waals surface area contributed by atoms with Crippen molar-refractivity contribution in [1.29, 1.82) is 0 Å². The standard InChI is InChI=1S/C16H18ClN3O3S/c1-9(2)8-23-12-6-10(3)4-5-11(12)20(15(22)14(18)21)16-19-7-13(17)24-16/h4-7,9H,8H2,1-3H3,(H2,18,21). The molecule has 1 heterocycles. The van der Waals surface area contributed by atoms with Gasteiger partial charge >= 0.3 is 11.8 Å². The van der Waals surface area contributed by atoms with Gasteiger partial charge in [0.2, 0.25) is 0 Å². The van der Waals surface area contributed by atoms with Crippen LogP contribution in [0.2, 0.25) is 4.34 Å². The van der Waals surface area contributed by atoms with Crippen LogP contribution in [0, 0.1) is 12.8 Å². The molecule has 0 unspecified atom stereocenters. The first-order chi connectivity index (χ1) is 11.3. The lowest BCUT2D eigenvalue weighted by Gasteiger charge is -2.22. The maximum absolute atomic E-state index is 12.3. The number of hydrogen-bond donors (Lipinski definition) is 1. The van der Waals surface area contributed by atoms with Gasteiger partial charge in [-0.3, -0.25) is 9.59 Å². The summed E-state index contributed by atoms with van der Waals surface area (Å²) in [6.45, 7) is 6.41. The highest BCUT2D eigenvalue weighted by molar-refractivity contribution is 7.19. The summed E-state index contributed by atoms with van der Waals surface area (Å²) in [7, 11) is 0. The van der Waals surface area contributed by atoms with E-state index < -0.39 is 11.8 Å². The molecule has 0 saturated carbocycles. The number of aromatic nitrogens is 1. The first-order valence-corrected chi connectivity index (χ1v) is 8.47. The number of nitrogens with zero attached hydrogens (tertiary/aromatic N) is 2. The van der Waals surface area contributed by atoms with Gasteiger partial charge in [0.05, 0.1) is 18.5 Å². The highest BCUT2D eigenvalue weighted by atomic mass is 35.5. The number of thiazole rings is 1. The van der Waals surface area contributed by atoms with Gasteiger partial charge in [0, 0.05) is 0 Å². The number of primary amides is 1. The smallest absolute Gasteiger partial charge is 0.322 e. The van der Waals surface area contributed by atoms with E-state index in [2.05, 4.69) is 4.98 Å². The fourth-order valence-corrected chi connectivity index (χ4v) is 2.85. The van der Waals surface area contributed by atoms with Gasteiger partial charge in [0.25, 0.3) is 0 Å². The predicted molar refractivity (Wildman–Crippen MR) is 95.0 cm³/mol. The lowest BCUT2D eigenvalue weighted by atomic mass is 10.2. The molecule has 128 valence electrons. The summed E-state index contributed by atoms with van der Waals surface area (Å²) < 4.78 is 6.21. The highest BCUT2D eigenvalue weighted by Gasteiger charge is 2.28. The highest BCUT2D eigenvalue weighted by Crippen LogP contribution is 2.38. The zero-order valence-electron chi connectivity index (χ0n) is 13.6. The summed E-state index contributed by atoms with van der Waals surface area (Å²) in [5, 5.41) is 0.252. The Balaban J connectivity index is 2.53. The molecule has 8 heteroatoms. The number of hydrogen-bond acceptors (Lipinski definition) is 5. The van der Waals surface area contributed by atoms with Crippen LogP contribution in [0.1, 0.15) is 19.4 Å². The Bertz CT molecular complexity index is 761. The fourth-order valence-electron chi connectivity index (χ4n) is 1.94. The molecule has 1 aromatic heterocycles. The Kier molecular flexibility index (Phi) is 5.80. The van der Waals surface area contributed by atoms with Gasteiger partial charge in [-0.15, -0.1) is 0 Å². The first-order valence-electron chi connectivity index (χ1n) is 7.28. The average Bonchev–Trinajstić information content (AvgIpc) is 2.93. The van der Waals surface area contributed by atoms with E-state index >= 15 is 0 Å². The number of rotatable bonds is 5. The van der Waals surface area contributed by atoms with Crippen molar-refractivity contribution < 1.29 is 14.3 Å². The number of amides is 2. The van der Waals surface area contributed by atoms with Crippen molar-refractivity contribution in [2.24, 2.45) is 11.7 Å². The molecule has 0 fully saturated rings. The Hall–Kier alpha value is -2.12. The SMILES string of the molecule is Cc1ccc(N(C(=O)C(N)=O)c2ncc(Cl)s2)c(OCC(C)C)c1. The predicted octanol–water partition coefficient (Wildman–Crippen LogP) is 3.29. The van der Waals surface area contributed by atoms with E-state index in [1.165, 1.54) is 6.20 Å². The van der Waals surface area contributed by atoms with Crippen LogP contribution < -0.4 is 15.4 Å². The van der Waals surface area contributed by atoms with Gasteiger partial charge in [-0.2, -0.15) is 0 Å². The summed E-state index contributed by atoms with van der Waals surface area (Å²) in [5.41, 5.74) is 6.55. The van der Waals surface area contributed by atoms with Crippen molar-refractivity contribution in [1.82, 2.24) is 4.98 Å². The normalized spacial score (nSPS) is 10.7. The largest absolute Gasteiger partial charge is 0.491 e. The average molecular weight is 368 g/mol. The number of nitrogens with two attached hydrogens (primary N) is 1. The number of aryl methyl sites for hydroxylation is 1. The van der Waals surface area contributed by atoms with Gasteiger partial charge in [-0.1, -0.05) is 42.9 Å². The second kappa shape index (κ2) is 7.63. The zero-order valence-corrected chi connectivity index (χ0v) is 15.1. The minimum atomic E-state index is -1.09. The Labute approximate surface area is 149 Å². The topological polar surface area (TPSA) is 85.5 Å². The van der Waals surface area contributed by atoms with Crippen LogP contribution in [-0.4, -0.2) is 23.4 Å². The van der Waals surface area contributed by atoms with Crippen molar-refractivity contribution in [2.45, 2.75) is 20.8 Å². The Morgan fingerprint density at radius 2 is 2.12 bits per heavy atom. The Morgan fingerprint density at radius 1 is 1.42 bits per heavy atom. The maximum Gasteiger partial charge on any atom is 0.322 e. The monoisotopic (exact) mass is 367 g/mol. The molecule has 2 aromatic rings. The van der Waals surface area contributed by atoms with Gasteiger partial charge in [0.1, 0.15) is 10.1 Å². The van der Waals surface area contributed by atoms with Crippen LogP contribution in [0.5, 0.6) is 5.75 Å². The number of anilines is 2. The summed E-state index contributed by atoms with van der Waals surface area (Å²) >= 11 is 6.98. The number of carbonyl (C=O) groups excluding carboxylic acids is 2. The molecular formula is C16H18ClN3O3S. The van der Waals surface area contributed by atoms with Crippen molar-refractivity contribution in [3.8, 4) is 5.75 Å². The first kappa shape index (κ1) is 18.2. The zero-order chi connectivity index (χ0) is 17.9. The molecule has 24 heavy (non-hydrogen) atoms. The number of benzene rings is 1. The maximum atomic E-state index is 12.3. The molecule has 0 spiro atoms.